The number of carbonyl (C=O) groups is 1. The van der Waals surface area contributed by atoms with Crippen molar-refractivity contribution in [3.63, 3.8) is 0 Å². The molecule has 0 saturated heterocycles. The lowest BCUT2D eigenvalue weighted by Gasteiger charge is -2.10. The number of benzene rings is 1. The first-order chi connectivity index (χ1) is 12.1. The summed E-state index contributed by atoms with van der Waals surface area (Å²) < 4.78 is 16.2. The Bertz CT molecular complexity index is 764. The molecule has 0 spiro atoms. The number of nitrogens with zero attached hydrogens (tertiary/aromatic N) is 2. The summed E-state index contributed by atoms with van der Waals surface area (Å²) in [5, 5.41) is 6.55. The third-order valence-electron chi connectivity index (χ3n) is 3.06. The molecule has 1 aromatic heterocycles. The molecular weight excluding hydrogens is 410 g/mol. The number of hydrazone groups is 1. The second-order valence-corrected chi connectivity index (χ2v) is 6.35. The van der Waals surface area contributed by atoms with Crippen LogP contribution in [0.25, 0.3) is 0 Å². The Balaban J connectivity index is 2.02. The maximum Gasteiger partial charge on any atom is 0.311 e. The van der Waals surface area contributed by atoms with Crippen molar-refractivity contribution in [3.05, 3.63) is 33.2 Å². The summed E-state index contributed by atoms with van der Waals surface area (Å²) in [5.41, 5.74) is 4.30. The van der Waals surface area contributed by atoms with E-state index in [2.05, 4.69) is 31.4 Å². The molecule has 0 unspecified atom stereocenters. The van der Waals surface area contributed by atoms with Gasteiger partial charge in [0, 0.05) is 10.9 Å². The predicted molar refractivity (Wildman–Crippen MR) is 101 cm³/mol. The highest BCUT2D eigenvalue weighted by Crippen LogP contribution is 2.36. The molecule has 0 saturated carbocycles. The van der Waals surface area contributed by atoms with Crippen LogP contribution in [0.1, 0.15) is 18.2 Å². The highest BCUT2D eigenvalue weighted by atomic mass is 79.9. The number of rotatable bonds is 8. The summed E-state index contributed by atoms with van der Waals surface area (Å²) in [5.74, 6) is 0.928. The average molecular weight is 428 g/mol. The number of halogens is 1. The first kappa shape index (κ1) is 19.2. The zero-order valence-electron chi connectivity index (χ0n) is 14.0. The van der Waals surface area contributed by atoms with Crippen molar-refractivity contribution in [2.24, 2.45) is 5.10 Å². The standard InChI is InChI=1S/C16H18BrN3O4S/c1-4-24-13(21)7-11-9-25-16(19-11)20-18-8-10-5-6-12(22-2)15(23-3)14(10)17/h5-6,8-9H,4,7H2,1-3H3,(H,19,20)/b18-8-. The van der Waals surface area contributed by atoms with Crippen LogP contribution in [0, 0.1) is 0 Å². The minimum Gasteiger partial charge on any atom is -0.493 e. The van der Waals surface area contributed by atoms with Gasteiger partial charge in [-0.15, -0.1) is 11.3 Å². The first-order valence-corrected chi connectivity index (χ1v) is 9.05. The summed E-state index contributed by atoms with van der Waals surface area (Å²) in [4.78, 5) is 15.7. The van der Waals surface area contributed by atoms with Gasteiger partial charge in [-0.3, -0.25) is 10.2 Å². The summed E-state index contributed by atoms with van der Waals surface area (Å²) in [6.45, 7) is 2.13. The number of carbonyl (C=O) groups excluding carboxylic acids is 1. The van der Waals surface area contributed by atoms with Gasteiger partial charge in [-0.1, -0.05) is 0 Å². The molecule has 2 aromatic rings. The number of aromatic nitrogens is 1. The van der Waals surface area contributed by atoms with Crippen molar-refractivity contribution in [2.45, 2.75) is 13.3 Å². The maximum absolute atomic E-state index is 11.4. The van der Waals surface area contributed by atoms with Gasteiger partial charge in [-0.25, -0.2) is 4.98 Å². The van der Waals surface area contributed by atoms with Crippen LogP contribution in [0.5, 0.6) is 11.5 Å². The fraction of sp³-hybridized carbons (Fsp3) is 0.312. The topological polar surface area (TPSA) is 82.0 Å². The molecule has 1 aromatic carbocycles. The molecule has 0 aliphatic carbocycles. The second kappa shape index (κ2) is 9.38. The van der Waals surface area contributed by atoms with Crippen molar-refractivity contribution in [1.29, 1.82) is 0 Å². The monoisotopic (exact) mass is 427 g/mol. The van der Waals surface area contributed by atoms with E-state index in [1.165, 1.54) is 11.3 Å². The Kier molecular flexibility index (Phi) is 7.20. The second-order valence-electron chi connectivity index (χ2n) is 4.70. The molecule has 134 valence electrons. The maximum atomic E-state index is 11.4. The Morgan fingerprint density at radius 3 is 2.88 bits per heavy atom. The van der Waals surface area contributed by atoms with Crippen LogP contribution < -0.4 is 14.9 Å². The van der Waals surface area contributed by atoms with Gasteiger partial charge in [0.15, 0.2) is 11.5 Å². The van der Waals surface area contributed by atoms with Crippen molar-refractivity contribution in [2.75, 3.05) is 26.3 Å². The van der Waals surface area contributed by atoms with Crippen LogP contribution in [0.4, 0.5) is 5.13 Å². The minimum atomic E-state index is -0.294. The first-order valence-electron chi connectivity index (χ1n) is 7.38. The van der Waals surface area contributed by atoms with Gasteiger partial charge in [0.2, 0.25) is 5.13 Å². The van der Waals surface area contributed by atoms with Crippen LogP contribution in [-0.2, 0) is 16.0 Å². The zero-order valence-corrected chi connectivity index (χ0v) is 16.4. The quantitative estimate of drug-likeness (QED) is 0.394. The van der Waals surface area contributed by atoms with Crippen molar-refractivity contribution < 1.29 is 19.0 Å². The average Bonchev–Trinajstić information content (AvgIpc) is 3.03. The van der Waals surface area contributed by atoms with E-state index in [-0.39, 0.29) is 12.4 Å². The number of anilines is 1. The van der Waals surface area contributed by atoms with Crippen LogP contribution in [0.2, 0.25) is 0 Å². The van der Waals surface area contributed by atoms with Gasteiger partial charge < -0.3 is 14.2 Å². The fourth-order valence-electron chi connectivity index (χ4n) is 1.96. The Hall–Kier alpha value is -2.13. The molecule has 9 heteroatoms. The number of esters is 1. The van der Waals surface area contributed by atoms with E-state index in [1.807, 2.05) is 6.07 Å². The Morgan fingerprint density at radius 1 is 1.40 bits per heavy atom. The van der Waals surface area contributed by atoms with Crippen molar-refractivity contribution >= 4 is 44.6 Å². The lowest BCUT2D eigenvalue weighted by Crippen LogP contribution is -2.07. The van der Waals surface area contributed by atoms with E-state index in [0.29, 0.717) is 28.9 Å². The summed E-state index contributed by atoms with van der Waals surface area (Å²) in [6.07, 6.45) is 1.79. The van der Waals surface area contributed by atoms with E-state index in [9.17, 15) is 4.79 Å². The van der Waals surface area contributed by atoms with E-state index in [1.54, 1.807) is 38.8 Å². The number of hydrogen-bond donors (Lipinski definition) is 1. The highest BCUT2D eigenvalue weighted by molar-refractivity contribution is 9.10. The van der Waals surface area contributed by atoms with E-state index < -0.39 is 0 Å². The molecular formula is C16H18BrN3O4S. The molecule has 0 aliphatic rings. The van der Waals surface area contributed by atoms with E-state index >= 15 is 0 Å². The SMILES string of the molecule is CCOC(=O)Cc1csc(N/N=C\c2ccc(OC)c(OC)c2Br)n1. The van der Waals surface area contributed by atoms with Crippen molar-refractivity contribution in [1.82, 2.24) is 4.98 Å². The predicted octanol–water partition coefficient (Wildman–Crippen LogP) is 3.47. The van der Waals surface area contributed by atoms with Gasteiger partial charge in [-0.05, 0) is 35.0 Å². The summed E-state index contributed by atoms with van der Waals surface area (Å²) in [6, 6.07) is 3.65. The largest absolute Gasteiger partial charge is 0.493 e. The van der Waals surface area contributed by atoms with Gasteiger partial charge >= 0.3 is 5.97 Å². The molecule has 0 aliphatic heterocycles. The van der Waals surface area contributed by atoms with Gasteiger partial charge in [0.05, 0.1) is 43.6 Å². The molecule has 25 heavy (non-hydrogen) atoms. The number of ether oxygens (including phenoxy) is 3. The Labute approximate surface area is 158 Å². The lowest BCUT2D eigenvalue weighted by molar-refractivity contribution is -0.142. The minimum absolute atomic E-state index is 0.150. The van der Waals surface area contributed by atoms with Crippen LogP contribution in [0.15, 0.2) is 27.1 Å². The summed E-state index contributed by atoms with van der Waals surface area (Å²) in [7, 11) is 3.15. The normalized spacial score (nSPS) is 10.7. The molecule has 0 atom stereocenters. The molecule has 2 rings (SSSR count). The van der Waals surface area contributed by atoms with Crippen molar-refractivity contribution in [3.8, 4) is 11.5 Å². The molecule has 1 N–H and O–H groups in total. The van der Waals surface area contributed by atoms with E-state index in [0.717, 1.165) is 10.0 Å². The highest BCUT2D eigenvalue weighted by Gasteiger charge is 2.11. The van der Waals surface area contributed by atoms with Crippen LogP contribution in [0.3, 0.4) is 0 Å². The molecule has 0 bridgehead atoms. The Morgan fingerprint density at radius 2 is 2.20 bits per heavy atom. The third-order valence-corrected chi connectivity index (χ3v) is 4.67. The van der Waals surface area contributed by atoms with Gasteiger partial charge in [0.1, 0.15) is 0 Å². The molecule has 0 fully saturated rings. The number of nitrogens with one attached hydrogen (secondary N) is 1. The molecule has 0 radical (unpaired) electrons. The van der Waals surface area contributed by atoms with Gasteiger partial charge in [-0.2, -0.15) is 5.10 Å². The van der Waals surface area contributed by atoms with E-state index in [4.69, 9.17) is 14.2 Å². The number of hydrogen-bond acceptors (Lipinski definition) is 8. The molecule has 1 heterocycles. The third kappa shape index (κ3) is 5.17. The fourth-order valence-corrected chi connectivity index (χ4v) is 3.21. The molecule has 0 amide bonds. The number of thiazole rings is 1. The zero-order chi connectivity index (χ0) is 18.2. The van der Waals surface area contributed by atoms with Crippen LogP contribution in [-0.4, -0.2) is 38.0 Å². The van der Waals surface area contributed by atoms with Gasteiger partial charge in [0.25, 0.3) is 0 Å². The summed E-state index contributed by atoms with van der Waals surface area (Å²) >= 11 is 4.84. The smallest absolute Gasteiger partial charge is 0.311 e. The number of methoxy groups -OCH3 is 2. The lowest BCUT2D eigenvalue weighted by atomic mass is 10.2. The molecule has 7 nitrogen and oxygen atoms in total. The van der Waals surface area contributed by atoms with Crippen LogP contribution >= 0.6 is 27.3 Å².